The minimum Gasteiger partial charge on any atom is -0.398 e. The van der Waals surface area contributed by atoms with Crippen LogP contribution in [-0.4, -0.2) is 5.78 Å². The lowest BCUT2D eigenvalue weighted by Gasteiger charge is -2.14. The zero-order chi connectivity index (χ0) is 13.2. The Labute approximate surface area is 112 Å². The lowest BCUT2D eigenvalue weighted by Crippen LogP contribution is -2.08. The van der Waals surface area contributed by atoms with Gasteiger partial charge in [-0.1, -0.05) is 42.5 Å². The molecule has 2 N–H and O–H groups in total. The van der Waals surface area contributed by atoms with E-state index >= 15 is 0 Å². The van der Waals surface area contributed by atoms with Crippen LogP contribution in [0.25, 0.3) is 6.08 Å². The molecular formula is C17H15NO. The minimum absolute atomic E-state index is 0.0140. The minimum atomic E-state index is -0.0140. The van der Waals surface area contributed by atoms with E-state index in [1.54, 1.807) is 0 Å². The molecule has 0 aliphatic heterocycles. The van der Waals surface area contributed by atoms with Gasteiger partial charge in [0.1, 0.15) is 0 Å². The lowest BCUT2D eigenvalue weighted by molar-refractivity contribution is 0.103. The summed E-state index contributed by atoms with van der Waals surface area (Å²) in [6.45, 7) is 0. The van der Waals surface area contributed by atoms with Gasteiger partial charge in [0.2, 0.25) is 0 Å². The number of ketones is 1. The second kappa shape index (κ2) is 4.73. The number of fused-ring (bicyclic) bond motifs is 1. The van der Waals surface area contributed by atoms with Gasteiger partial charge in [-0.3, -0.25) is 4.79 Å². The fraction of sp³-hybridized carbons (Fsp3) is 0.118. The molecule has 0 aromatic heterocycles. The van der Waals surface area contributed by atoms with Gasteiger partial charge in [-0.2, -0.15) is 0 Å². The molecule has 2 heteroatoms. The van der Waals surface area contributed by atoms with E-state index in [2.05, 4.69) is 12.2 Å². The largest absolute Gasteiger partial charge is 0.398 e. The quantitative estimate of drug-likeness (QED) is 0.654. The van der Waals surface area contributed by atoms with Crippen LogP contribution in [0.2, 0.25) is 0 Å². The number of benzene rings is 2. The maximum Gasteiger partial charge on any atom is 0.195 e. The van der Waals surface area contributed by atoms with Crippen LogP contribution in [0.1, 0.15) is 33.5 Å². The number of allylic oxidation sites excluding steroid dienone is 1. The standard InChI is InChI=1S/C17H15NO/c18-16-11-14-9-5-4-8-13(14)10-15(16)17(19)12-6-2-1-3-7-12/h1-4,6-8,10-11H,5,9,18H2. The van der Waals surface area contributed by atoms with Crippen LogP contribution in [-0.2, 0) is 6.42 Å². The molecular weight excluding hydrogens is 234 g/mol. The van der Waals surface area contributed by atoms with Crippen molar-refractivity contribution in [3.05, 3.63) is 70.8 Å². The van der Waals surface area contributed by atoms with Crippen LogP contribution in [0, 0.1) is 0 Å². The van der Waals surface area contributed by atoms with E-state index in [0.29, 0.717) is 16.8 Å². The topological polar surface area (TPSA) is 43.1 Å². The number of hydrogen-bond acceptors (Lipinski definition) is 2. The Morgan fingerprint density at radius 2 is 1.89 bits per heavy atom. The monoisotopic (exact) mass is 249 g/mol. The molecule has 0 unspecified atom stereocenters. The van der Waals surface area contributed by atoms with Gasteiger partial charge in [0.05, 0.1) is 0 Å². The molecule has 0 saturated heterocycles. The lowest BCUT2D eigenvalue weighted by atomic mass is 9.92. The summed E-state index contributed by atoms with van der Waals surface area (Å²) in [6, 6.07) is 13.1. The third-order valence-electron chi connectivity index (χ3n) is 3.47. The predicted molar refractivity (Wildman–Crippen MR) is 78.1 cm³/mol. The third-order valence-corrected chi connectivity index (χ3v) is 3.47. The van der Waals surface area contributed by atoms with E-state index in [1.807, 2.05) is 42.5 Å². The third kappa shape index (κ3) is 2.17. The number of nitrogens with two attached hydrogens (primary N) is 1. The van der Waals surface area contributed by atoms with Gasteiger partial charge in [-0.15, -0.1) is 0 Å². The van der Waals surface area contributed by atoms with E-state index in [0.717, 1.165) is 18.4 Å². The highest BCUT2D eigenvalue weighted by molar-refractivity contribution is 6.12. The van der Waals surface area contributed by atoms with Crippen molar-refractivity contribution in [1.82, 2.24) is 0 Å². The summed E-state index contributed by atoms with van der Waals surface area (Å²) in [5.74, 6) is -0.0140. The molecule has 0 bridgehead atoms. The van der Waals surface area contributed by atoms with Gasteiger partial charge in [0.15, 0.2) is 5.78 Å². The second-order valence-electron chi connectivity index (χ2n) is 4.77. The van der Waals surface area contributed by atoms with Crippen LogP contribution in [0.15, 0.2) is 48.5 Å². The number of rotatable bonds is 2. The van der Waals surface area contributed by atoms with Crippen molar-refractivity contribution in [3.63, 3.8) is 0 Å². The van der Waals surface area contributed by atoms with Crippen LogP contribution >= 0.6 is 0 Å². The number of carbonyl (C=O) groups excluding carboxylic acids is 1. The highest BCUT2D eigenvalue weighted by Gasteiger charge is 2.15. The van der Waals surface area contributed by atoms with Crippen molar-refractivity contribution in [1.29, 1.82) is 0 Å². The molecule has 0 atom stereocenters. The van der Waals surface area contributed by atoms with Gasteiger partial charge in [0.25, 0.3) is 0 Å². The molecule has 2 aromatic rings. The Kier molecular flexibility index (Phi) is 2.92. The van der Waals surface area contributed by atoms with Crippen molar-refractivity contribution in [2.24, 2.45) is 0 Å². The van der Waals surface area contributed by atoms with E-state index in [-0.39, 0.29) is 5.78 Å². The first-order chi connectivity index (χ1) is 9.25. The summed E-state index contributed by atoms with van der Waals surface area (Å²) in [4.78, 5) is 12.4. The number of carbonyl (C=O) groups is 1. The van der Waals surface area contributed by atoms with Crippen molar-refractivity contribution >= 4 is 17.5 Å². The summed E-state index contributed by atoms with van der Waals surface area (Å²) in [5, 5.41) is 0. The Morgan fingerprint density at radius 3 is 2.68 bits per heavy atom. The van der Waals surface area contributed by atoms with E-state index in [1.165, 1.54) is 5.56 Å². The number of anilines is 1. The molecule has 0 heterocycles. The number of aryl methyl sites for hydroxylation is 1. The van der Waals surface area contributed by atoms with Crippen LogP contribution < -0.4 is 5.73 Å². The summed E-state index contributed by atoms with van der Waals surface area (Å²) in [6.07, 6.45) is 6.24. The molecule has 0 spiro atoms. The fourth-order valence-electron chi connectivity index (χ4n) is 2.44. The number of nitrogen functional groups attached to an aromatic ring is 1. The first-order valence-electron chi connectivity index (χ1n) is 6.44. The van der Waals surface area contributed by atoms with Gasteiger partial charge in [-0.05, 0) is 36.1 Å². The Bertz CT molecular complexity index is 656. The van der Waals surface area contributed by atoms with Crippen molar-refractivity contribution in [3.8, 4) is 0 Å². The van der Waals surface area contributed by atoms with Gasteiger partial charge in [0, 0.05) is 16.8 Å². The Hall–Kier alpha value is -2.35. The first kappa shape index (κ1) is 11.7. The normalized spacial score (nSPS) is 13.1. The van der Waals surface area contributed by atoms with Crippen LogP contribution in [0.4, 0.5) is 5.69 Å². The molecule has 0 radical (unpaired) electrons. The van der Waals surface area contributed by atoms with Gasteiger partial charge in [-0.25, -0.2) is 0 Å². The SMILES string of the molecule is Nc1cc2c(cc1C(=O)c1ccccc1)C=CCC2. The molecule has 0 saturated carbocycles. The van der Waals surface area contributed by atoms with Gasteiger partial charge < -0.3 is 5.73 Å². The molecule has 94 valence electrons. The first-order valence-corrected chi connectivity index (χ1v) is 6.44. The van der Waals surface area contributed by atoms with E-state index in [4.69, 9.17) is 5.73 Å². The van der Waals surface area contributed by atoms with Crippen molar-refractivity contribution in [2.75, 3.05) is 5.73 Å². The molecule has 3 rings (SSSR count). The van der Waals surface area contributed by atoms with Crippen LogP contribution in [0.5, 0.6) is 0 Å². The van der Waals surface area contributed by atoms with Crippen molar-refractivity contribution < 1.29 is 4.79 Å². The smallest absolute Gasteiger partial charge is 0.195 e. The van der Waals surface area contributed by atoms with E-state index < -0.39 is 0 Å². The summed E-state index contributed by atoms with van der Waals surface area (Å²) in [5.41, 5.74) is 10.2. The fourth-order valence-corrected chi connectivity index (χ4v) is 2.44. The summed E-state index contributed by atoms with van der Waals surface area (Å²) in [7, 11) is 0. The second-order valence-corrected chi connectivity index (χ2v) is 4.77. The predicted octanol–water partition coefficient (Wildman–Crippen LogP) is 3.46. The summed E-state index contributed by atoms with van der Waals surface area (Å²) >= 11 is 0. The molecule has 19 heavy (non-hydrogen) atoms. The molecule has 1 aliphatic rings. The molecule has 1 aliphatic carbocycles. The molecule has 2 nitrogen and oxygen atoms in total. The van der Waals surface area contributed by atoms with Crippen molar-refractivity contribution in [2.45, 2.75) is 12.8 Å². The van der Waals surface area contributed by atoms with Crippen LogP contribution in [0.3, 0.4) is 0 Å². The Balaban J connectivity index is 2.07. The molecule has 0 fully saturated rings. The Morgan fingerprint density at radius 1 is 1.11 bits per heavy atom. The average molecular weight is 249 g/mol. The zero-order valence-electron chi connectivity index (χ0n) is 10.6. The molecule has 0 amide bonds. The van der Waals surface area contributed by atoms with E-state index in [9.17, 15) is 4.79 Å². The van der Waals surface area contributed by atoms with Gasteiger partial charge >= 0.3 is 0 Å². The summed E-state index contributed by atoms with van der Waals surface area (Å²) < 4.78 is 0. The molecule has 2 aromatic carbocycles. The average Bonchev–Trinajstić information content (AvgIpc) is 2.47. The highest BCUT2D eigenvalue weighted by Crippen LogP contribution is 2.26. The zero-order valence-corrected chi connectivity index (χ0v) is 10.6. The number of hydrogen-bond donors (Lipinski definition) is 1. The highest BCUT2D eigenvalue weighted by atomic mass is 16.1. The maximum absolute atomic E-state index is 12.4. The maximum atomic E-state index is 12.4.